The summed E-state index contributed by atoms with van der Waals surface area (Å²) < 4.78 is 2.89. The first kappa shape index (κ1) is 9.03. The molecular weight excluding hydrogens is 251 g/mol. The zero-order chi connectivity index (χ0) is 9.42. The molecule has 2 rings (SSSR count). The maximum Gasteiger partial charge on any atom is 0.0949 e. The molecule has 0 saturated carbocycles. The molecule has 0 aliphatic heterocycles. The van der Waals surface area contributed by atoms with E-state index in [9.17, 15) is 0 Å². The highest BCUT2D eigenvalue weighted by Gasteiger charge is 2.04. The number of fused-ring (bicyclic) bond motifs is 1. The van der Waals surface area contributed by atoms with Crippen LogP contribution in [-0.2, 0) is 6.54 Å². The van der Waals surface area contributed by atoms with Crippen molar-refractivity contribution in [1.29, 1.82) is 0 Å². The summed E-state index contributed by atoms with van der Waals surface area (Å²) in [6, 6.07) is 3.75. The Kier molecular flexibility index (Phi) is 2.30. The van der Waals surface area contributed by atoms with E-state index in [2.05, 4.69) is 28.0 Å². The quantitative estimate of drug-likeness (QED) is 0.767. The molecule has 1 aromatic heterocycles. The van der Waals surface area contributed by atoms with Crippen molar-refractivity contribution in [3.63, 3.8) is 0 Å². The number of halogens is 2. The normalized spacial score (nSPS) is 11.0. The van der Waals surface area contributed by atoms with Crippen molar-refractivity contribution in [3.8, 4) is 0 Å². The zero-order valence-corrected chi connectivity index (χ0v) is 9.43. The Labute approximate surface area is 89.6 Å². The van der Waals surface area contributed by atoms with E-state index in [4.69, 9.17) is 11.6 Å². The molecule has 0 spiro atoms. The number of aryl methyl sites for hydroxylation is 1. The van der Waals surface area contributed by atoms with Crippen LogP contribution in [0.3, 0.4) is 0 Å². The number of hydrogen-bond acceptors (Lipinski definition) is 1. The topological polar surface area (TPSA) is 17.8 Å². The monoisotopic (exact) mass is 258 g/mol. The molecule has 0 unspecified atom stereocenters. The van der Waals surface area contributed by atoms with E-state index in [1.165, 1.54) is 0 Å². The predicted molar refractivity (Wildman–Crippen MR) is 58.1 cm³/mol. The Bertz CT molecular complexity index is 450. The van der Waals surface area contributed by atoms with Gasteiger partial charge in [0, 0.05) is 27.6 Å². The molecule has 2 aromatic rings. The number of hydrogen-bond donors (Lipinski definition) is 0. The number of rotatable bonds is 1. The van der Waals surface area contributed by atoms with Crippen LogP contribution < -0.4 is 0 Å². The molecule has 1 heterocycles. The average Bonchev–Trinajstić information content (AvgIpc) is 2.47. The molecule has 68 valence electrons. The molecule has 4 heteroatoms. The molecule has 2 nitrogen and oxygen atoms in total. The van der Waals surface area contributed by atoms with Gasteiger partial charge in [-0.15, -0.1) is 0 Å². The van der Waals surface area contributed by atoms with Crippen molar-refractivity contribution in [3.05, 3.63) is 27.8 Å². The van der Waals surface area contributed by atoms with E-state index in [1.807, 2.05) is 23.0 Å². The Morgan fingerprint density at radius 2 is 2.31 bits per heavy atom. The van der Waals surface area contributed by atoms with E-state index in [-0.39, 0.29) is 0 Å². The third-order valence-electron chi connectivity index (χ3n) is 1.91. The van der Waals surface area contributed by atoms with Gasteiger partial charge in [0.1, 0.15) is 0 Å². The Balaban J connectivity index is 2.75. The lowest BCUT2D eigenvalue weighted by molar-refractivity contribution is 0.668. The van der Waals surface area contributed by atoms with Gasteiger partial charge in [-0.3, -0.25) is 4.68 Å². The molecule has 1 aromatic carbocycles. The summed E-state index contributed by atoms with van der Waals surface area (Å²) in [5.74, 6) is 0. The lowest BCUT2D eigenvalue weighted by Gasteiger charge is -1.92. The SMILES string of the molecule is CCn1cc2c(Br)cc(Cl)cc2n1. The molecule has 0 saturated heterocycles. The van der Waals surface area contributed by atoms with E-state index >= 15 is 0 Å². The van der Waals surface area contributed by atoms with Crippen molar-refractivity contribution in [1.82, 2.24) is 9.78 Å². The second kappa shape index (κ2) is 3.31. The average molecular weight is 260 g/mol. The van der Waals surface area contributed by atoms with Crippen LogP contribution in [-0.4, -0.2) is 9.78 Å². The molecule has 0 atom stereocenters. The van der Waals surface area contributed by atoms with Crippen LogP contribution in [0.2, 0.25) is 5.02 Å². The highest BCUT2D eigenvalue weighted by Crippen LogP contribution is 2.27. The maximum absolute atomic E-state index is 5.90. The molecule has 0 bridgehead atoms. The Morgan fingerprint density at radius 1 is 1.54 bits per heavy atom. The van der Waals surface area contributed by atoms with Gasteiger partial charge >= 0.3 is 0 Å². The zero-order valence-electron chi connectivity index (χ0n) is 7.09. The van der Waals surface area contributed by atoms with Gasteiger partial charge in [0.05, 0.1) is 5.52 Å². The lowest BCUT2D eigenvalue weighted by Crippen LogP contribution is -1.92. The van der Waals surface area contributed by atoms with Gasteiger partial charge in [0.25, 0.3) is 0 Å². The fraction of sp³-hybridized carbons (Fsp3) is 0.222. The maximum atomic E-state index is 5.90. The van der Waals surface area contributed by atoms with E-state index < -0.39 is 0 Å². The van der Waals surface area contributed by atoms with Gasteiger partial charge in [-0.1, -0.05) is 11.6 Å². The molecule has 0 amide bonds. The first-order chi connectivity index (χ1) is 6.20. The smallest absolute Gasteiger partial charge is 0.0949 e. The Morgan fingerprint density at radius 3 is 3.00 bits per heavy atom. The minimum Gasteiger partial charge on any atom is -0.272 e. The Hall–Kier alpha value is -0.540. The number of aromatic nitrogens is 2. The molecule has 0 fully saturated rings. The number of nitrogens with zero attached hydrogens (tertiary/aromatic N) is 2. The van der Waals surface area contributed by atoms with Crippen molar-refractivity contribution in [2.75, 3.05) is 0 Å². The summed E-state index contributed by atoms with van der Waals surface area (Å²) >= 11 is 9.35. The van der Waals surface area contributed by atoms with Crippen molar-refractivity contribution >= 4 is 38.4 Å². The summed E-state index contributed by atoms with van der Waals surface area (Å²) in [7, 11) is 0. The highest BCUT2D eigenvalue weighted by molar-refractivity contribution is 9.10. The van der Waals surface area contributed by atoms with Crippen LogP contribution in [0.15, 0.2) is 22.8 Å². The summed E-state index contributed by atoms with van der Waals surface area (Å²) in [6.07, 6.45) is 2.01. The van der Waals surface area contributed by atoms with E-state index in [0.717, 1.165) is 21.9 Å². The minimum atomic E-state index is 0.709. The fourth-order valence-corrected chi connectivity index (χ4v) is 2.16. The third kappa shape index (κ3) is 1.58. The summed E-state index contributed by atoms with van der Waals surface area (Å²) in [5, 5.41) is 6.17. The van der Waals surface area contributed by atoms with Crippen LogP contribution in [0, 0.1) is 0 Å². The molecule has 0 N–H and O–H groups in total. The van der Waals surface area contributed by atoms with Gasteiger partial charge in [-0.2, -0.15) is 5.10 Å². The van der Waals surface area contributed by atoms with Crippen molar-refractivity contribution in [2.45, 2.75) is 13.5 Å². The molecule has 0 radical (unpaired) electrons. The van der Waals surface area contributed by atoms with Crippen LogP contribution in [0.5, 0.6) is 0 Å². The highest BCUT2D eigenvalue weighted by atomic mass is 79.9. The predicted octanol–water partition coefficient (Wildman–Crippen LogP) is 3.47. The summed E-state index contributed by atoms with van der Waals surface area (Å²) in [5.41, 5.74) is 0.932. The van der Waals surface area contributed by atoms with Crippen molar-refractivity contribution < 1.29 is 0 Å². The van der Waals surface area contributed by atoms with Crippen LogP contribution in [0.25, 0.3) is 10.9 Å². The second-order valence-corrected chi connectivity index (χ2v) is 4.10. The third-order valence-corrected chi connectivity index (χ3v) is 2.79. The fourth-order valence-electron chi connectivity index (χ4n) is 1.26. The van der Waals surface area contributed by atoms with E-state index in [1.54, 1.807) is 0 Å². The van der Waals surface area contributed by atoms with Crippen molar-refractivity contribution in [2.24, 2.45) is 0 Å². The standard InChI is InChI=1S/C9H8BrClN2/c1-2-13-5-7-8(10)3-6(11)4-9(7)12-13/h3-5H,2H2,1H3. The summed E-state index contributed by atoms with van der Waals surface area (Å²) in [4.78, 5) is 0. The second-order valence-electron chi connectivity index (χ2n) is 2.81. The van der Waals surface area contributed by atoms with Gasteiger partial charge in [-0.05, 0) is 35.0 Å². The van der Waals surface area contributed by atoms with Crippen LogP contribution >= 0.6 is 27.5 Å². The summed E-state index contributed by atoms with van der Waals surface area (Å²) in [6.45, 7) is 2.93. The molecular formula is C9H8BrClN2. The van der Waals surface area contributed by atoms with Gasteiger partial charge in [-0.25, -0.2) is 0 Å². The largest absolute Gasteiger partial charge is 0.272 e. The molecule has 0 aliphatic carbocycles. The lowest BCUT2D eigenvalue weighted by atomic mass is 10.3. The van der Waals surface area contributed by atoms with Crippen LogP contribution in [0.1, 0.15) is 6.92 Å². The molecule has 13 heavy (non-hydrogen) atoms. The molecule has 0 aliphatic rings. The van der Waals surface area contributed by atoms with Crippen LogP contribution in [0.4, 0.5) is 0 Å². The van der Waals surface area contributed by atoms with E-state index in [0.29, 0.717) is 5.02 Å². The first-order valence-electron chi connectivity index (χ1n) is 4.03. The minimum absolute atomic E-state index is 0.709. The first-order valence-corrected chi connectivity index (χ1v) is 5.20. The van der Waals surface area contributed by atoms with Gasteiger partial charge in [0.2, 0.25) is 0 Å². The van der Waals surface area contributed by atoms with Gasteiger partial charge < -0.3 is 0 Å². The number of benzene rings is 1. The van der Waals surface area contributed by atoms with Gasteiger partial charge in [0.15, 0.2) is 0 Å².